The molecule has 1 saturated heterocycles. The molecule has 0 radical (unpaired) electrons. The normalized spacial score (nSPS) is 19.6. The van der Waals surface area contributed by atoms with Gasteiger partial charge < -0.3 is 11.1 Å². The van der Waals surface area contributed by atoms with Crippen LogP contribution in [0.15, 0.2) is 12.4 Å². The van der Waals surface area contributed by atoms with Crippen molar-refractivity contribution in [1.29, 1.82) is 0 Å². The molecule has 1 aliphatic rings. The highest BCUT2D eigenvalue weighted by Gasteiger charge is 2.20. The smallest absolute Gasteiger partial charge is 0.145 e. The number of hydrogen-bond donors (Lipinski definition) is 2. The molecule has 0 spiro atoms. The zero-order valence-corrected chi connectivity index (χ0v) is 9.27. The lowest BCUT2D eigenvalue weighted by atomic mass is 10.1. The van der Waals surface area contributed by atoms with Crippen molar-refractivity contribution in [3.8, 4) is 0 Å². The Hall–Kier alpha value is -0.580. The number of aromatic nitrogens is 2. The third-order valence-electron chi connectivity index (χ3n) is 2.20. The van der Waals surface area contributed by atoms with Gasteiger partial charge in [0.1, 0.15) is 5.82 Å². The number of anilines is 1. The van der Waals surface area contributed by atoms with Gasteiger partial charge in [0.2, 0.25) is 0 Å². The molecule has 2 rings (SSSR count). The summed E-state index contributed by atoms with van der Waals surface area (Å²) in [5.41, 5.74) is 6.65. The first-order valence-corrected chi connectivity index (χ1v) is 4.15. The predicted octanol–water partition coefficient (Wildman–Crippen LogP) is 0.979. The Morgan fingerprint density at radius 1 is 1.29 bits per heavy atom. The maximum Gasteiger partial charge on any atom is 0.145 e. The Labute approximate surface area is 95.5 Å². The molecule has 0 bridgehead atoms. The van der Waals surface area contributed by atoms with E-state index in [-0.39, 0.29) is 24.8 Å². The van der Waals surface area contributed by atoms with E-state index < -0.39 is 0 Å². The van der Waals surface area contributed by atoms with Crippen LogP contribution in [0.5, 0.6) is 0 Å². The molecule has 80 valence electrons. The van der Waals surface area contributed by atoms with E-state index in [1.807, 2.05) is 0 Å². The first-order valence-electron chi connectivity index (χ1n) is 4.15. The van der Waals surface area contributed by atoms with Crippen LogP contribution >= 0.6 is 24.8 Å². The van der Waals surface area contributed by atoms with Gasteiger partial charge in [-0.1, -0.05) is 0 Å². The largest absolute Gasteiger partial charge is 0.382 e. The molecule has 4 nitrogen and oxygen atoms in total. The maximum atomic E-state index is 5.70. The fraction of sp³-hybridized carbons (Fsp3) is 0.500. The Bertz CT molecular complexity index is 276. The lowest BCUT2D eigenvalue weighted by Crippen LogP contribution is -2.11. The van der Waals surface area contributed by atoms with E-state index in [4.69, 9.17) is 5.73 Å². The number of nitrogen functional groups attached to an aromatic ring is 1. The number of nitrogens with two attached hydrogens (primary N) is 1. The number of halogens is 2. The average Bonchev–Trinajstić information content (AvgIpc) is 2.57. The molecule has 1 fully saturated rings. The zero-order chi connectivity index (χ0) is 8.39. The molecule has 1 aromatic heterocycles. The summed E-state index contributed by atoms with van der Waals surface area (Å²) >= 11 is 0. The number of nitrogens with one attached hydrogen (secondary N) is 1. The van der Waals surface area contributed by atoms with Gasteiger partial charge >= 0.3 is 0 Å². The molecule has 0 aliphatic carbocycles. The van der Waals surface area contributed by atoms with Gasteiger partial charge in [-0.05, 0) is 13.0 Å². The minimum absolute atomic E-state index is 0. The first-order chi connectivity index (χ1) is 5.88. The van der Waals surface area contributed by atoms with E-state index in [1.165, 1.54) is 0 Å². The highest BCUT2D eigenvalue weighted by Crippen LogP contribution is 2.22. The van der Waals surface area contributed by atoms with Crippen LogP contribution in [0.4, 0.5) is 5.82 Å². The van der Waals surface area contributed by atoms with Crippen molar-refractivity contribution in [2.24, 2.45) is 0 Å². The van der Waals surface area contributed by atoms with E-state index in [2.05, 4.69) is 15.3 Å². The molecule has 0 aromatic carbocycles. The van der Waals surface area contributed by atoms with Crippen molar-refractivity contribution in [3.05, 3.63) is 18.1 Å². The minimum atomic E-state index is 0. The standard InChI is InChI=1S/C8H12N4.2ClH/c9-8-7(11-3-4-12-8)6-1-2-10-5-6;;/h3-4,6,10H,1-2,5H2,(H2,9,12);2*1H/t6-;;/m0../s1. The molecular formula is C8H14Cl2N4. The lowest BCUT2D eigenvalue weighted by molar-refractivity contribution is 0.733. The van der Waals surface area contributed by atoms with Crippen LogP contribution in [0.1, 0.15) is 18.0 Å². The first kappa shape index (κ1) is 13.4. The molecule has 0 unspecified atom stereocenters. The van der Waals surface area contributed by atoms with Crippen molar-refractivity contribution in [1.82, 2.24) is 15.3 Å². The molecule has 0 amide bonds. The van der Waals surface area contributed by atoms with E-state index in [9.17, 15) is 0 Å². The topological polar surface area (TPSA) is 63.8 Å². The van der Waals surface area contributed by atoms with Gasteiger partial charge in [0.15, 0.2) is 0 Å². The molecule has 1 aromatic rings. The monoisotopic (exact) mass is 236 g/mol. The summed E-state index contributed by atoms with van der Waals surface area (Å²) in [6.07, 6.45) is 4.44. The second kappa shape index (κ2) is 6.01. The zero-order valence-electron chi connectivity index (χ0n) is 7.64. The summed E-state index contributed by atoms with van der Waals surface area (Å²) in [4.78, 5) is 8.24. The van der Waals surface area contributed by atoms with E-state index in [0.29, 0.717) is 11.7 Å². The number of hydrogen-bond acceptors (Lipinski definition) is 4. The maximum absolute atomic E-state index is 5.70. The Kier molecular flexibility index (Phi) is 5.76. The van der Waals surface area contributed by atoms with Crippen LogP contribution in [-0.4, -0.2) is 23.1 Å². The molecule has 3 N–H and O–H groups in total. The fourth-order valence-electron chi connectivity index (χ4n) is 1.56. The van der Waals surface area contributed by atoms with Crippen LogP contribution in [0.25, 0.3) is 0 Å². The van der Waals surface area contributed by atoms with Crippen molar-refractivity contribution < 1.29 is 0 Å². The highest BCUT2D eigenvalue weighted by molar-refractivity contribution is 5.85. The average molecular weight is 237 g/mol. The summed E-state index contributed by atoms with van der Waals surface area (Å²) in [6.45, 7) is 2.03. The minimum Gasteiger partial charge on any atom is -0.382 e. The van der Waals surface area contributed by atoms with E-state index in [1.54, 1.807) is 12.4 Å². The summed E-state index contributed by atoms with van der Waals surface area (Å²) in [6, 6.07) is 0. The van der Waals surface area contributed by atoms with E-state index in [0.717, 1.165) is 25.2 Å². The van der Waals surface area contributed by atoms with Crippen molar-refractivity contribution >= 4 is 30.6 Å². The van der Waals surface area contributed by atoms with Gasteiger partial charge in [0, 0.05) is 24.9 Å². The van der Waals surface area contributed by atoms with Crippen LogP contribution in [0.3, 0.4) is 0 Å². The second-order valence-corrected chi connectivity index (χ2v) is 3.02. The van der Waals surface area contributed by atoms with Crippen molar-refractivity contribution in [2.75, 3.05) is 18.8 Å². The number of rotatable bonds is 1. The third-order valence-corrected chi connectivity index (χ3v) is 2.20. The molecule has 6 heteroatoms. The van der Waals surface area contributed by atoms with Crippen LogP contribution in [0.2, 0.25) is 0 Å². The van der Waals surface area contributed by atoms with Crippen LogP contribution in [0, 0.1) is 0 Å². The van der Waals surface area contributed by atoms with Gasteiger partial charge in [-0.15, -0.1) is 24.8 Å². The molecule has 14 heavy (non-hydrogen) atoms. The van der Waals surface area contributed by atoms with Crippen LogP contribution < -0.4 is 11.1 Å². The Morgan fingerprint density at radius 2 is 2.00 bits per heavy atom. The molecule has 1 aliphatic heterocycles. The summed E-state index contributed by atoms with van der Waals surface area (Å²) < 4.78 is 0. The Morgan fingerprint density at radius 3 is 2.57 bits per heavy atom. The highest BCUT2D eigenvalue weighted by atomic mass is 35.5. The SMILES string of the molecule is Cl.Cl.Nc1nccnc1[C@H]1CCNC1. The molecule has 0 saturated carbocycles. The quantitative estimate of drug-likeness (QED) is 0.764. The fourth-order valence-corrected chi connectivity index (χ4v) is 1.56. The van der Waals surface area contributed by atoms with Crippen LogP contribution in [-0.2, 0) is 0 Å². The van der Waals surface area contributed by atoms with Gasteiger partial charge in [-0.2, -0.15) is 0 Å². The van der Waals surface area contributed by atoms with E-state index >= 15 is 0 Å². The molecular weight excluding hydrogens is 223 g/mol. The van der Waals surface area contributed by atoms with Gasteiger partial charge in [-0.3, -0.25) is 4.98 Å². The lowest BCUT2D eigenvalue weighted by Gasteiger charge is -2.08. The van der Waals surface area contributed by atoms with Gasteiger partial charge in [-0.25, -0.2) is 4.98 Å². The summed E-state index contributed by atoms with van der Waals surface area (Å²) in [5, 5.41) is 3.27. The summed E-state index contributed by atoms with van der Waals surface area (Å²) in [5.74, 6) is 1.03. The van der Waals surface area contributed by atoms with Gasteiger partial charge in [0.25, 0.3) is 0 Å². The van der Waals surface area contributed by atoms with Gasteiger partial charge in [0.05, 0.1) is 5.69 Å². The predicted molar refractivity (Wildman–Crippen MR) is 61.2 cm³/mol. The van der Waals surface area contributed by atoms with Crippen molar-refractivity contribution in [3.63, 3.8) is 0 Å². The molecule has 1 atom stereocenters. The number of nitrogens with zero attached hydrogens (tertiary/aromatic N) is 2. The van der Waals surface area contributed by atoms with Crippen molar-refractivity contribution in [2.45, 2.75) is 12.3 Å². The third kappa shape index (κ3) is 2.70. The summed E-state index contributed by atoms with van der Waals surface area (Å²) in [7, 11) is 0. The Balaban J connectivity index is 0.000000845. The molecule has 2 heterocycles. The second-order valence-electron chi connectivity index (χ2n) is 3.02.